The predicted octanol–water partition coefficient (Wildman–Crippen LogP) is 5.46. The molecule has 3 aromatic carbocycles. The summed E-state index contributed by atoms with van der Waals surface area (Å²) in [6, 6.07) is 23.0. The first-order chi connectivity index (χ1) is 17.1. The molecular formula is C28H27N3O3S. The lowest BCUT2D eigenvalue weighted by Gasteiger charge is -2.32. The number of nitrogens with one attached hydrogen (secondary N) is 1. The van der Waals surface area contributed by atoms with Crippen LogP contribution in [0.2, 0.25) is 0 Å². The molecule has 0 unspecified atom stereocenters. The first kappa shape index (κ1) is 23.2. The Bertz CT molecular complexity index is 1310. The second-order valence-corrected chi connectivity index (χ2v) is 9.73. The van der Waals surface area contributed by atoms with Crippen LogP contribution < -0.4 is 5.32 Å². The third-order valence-corrected chi connectivity index (χ3v) is 7.18. The summed E-state index contributed by atoms with van der Waals surface area (Å²) in [5.74, 6) is 0.554. The van der Waals surface area contributed by atoms with Crippen molar-refractivity contribution in [2.24, 2.45) is 0 Å². The molecule has 35 heavy (non-hydrogen) atoms. The third kappa shape index (κ3) is 5.41. The number of carbonyl (C=O) groups is 2. The topological polar surface area (TPSA) is 75.4 Å². The van der Waals surface area contributed by atoms with Crippen LogP contribution in [-0.2, 0) is 5.75 Å². The van der Waals surface area contributed by atoms with Gasteiger partial charge in [0, 0.05) is 36.0 Å². The Labute approximate surface area is 208 Å². The highest BCUT2D eigenvalue weighted by Crippen LogP contribution is 2.27. The Morgan fingerprint density at radius 3 is 2.49 bits per heavy atom. The van der Waals surface area contributed by atoms with Crippen molar-refractivity contribution in [2.45, 2.75) is 36.8 Å². The van der Waals surface area contributed by atoms with Crippen LogP contribution in [0, 0.1) is 6.92 Å². The number of piperidine rings is 1. The quantitative estimate of drug-likeness (QED) is 0.367. The SMILES string of the molecule is Cc1ccc(C(=O)N2CCC(NC(=O)c3ccccc3CSc3nc4ccccc4o3)CC2)cc1. The van der Waals surface area contributed by atoms with Crippen molar-refractivity contribution >= 4 is 34.7 Å². The summed E-state index contributed by atoms with van der Waals surface area (Å²) in [7, 11) is 0. The van der Waals surface area contributed by atoms with E-state index in [0.717, 1.165) is 35.1 Å². The number of nitrogens with zero attached hydrogens (tertiary/aromatic N) is 2. The molecule has 1 N–H and O–H groups in total. The highest BCUT2D eigenvalue weighted by Gasteiger charge is 2.25. The predicted molar refractivity (Wildman–Crippen MR) is 138 cm³/mol. The zero-order valence-electron chi connectivity index (χ0n) is 19.6. The standard InChI is InChI=1S/C28H27N3O3S/c1-19-10-12-20(13-11-19)27(33)31-16-14-22(15-17-31)29-26(32)23-7-3-2-6-21(23)18-35-28-30-24-8-4-5-9-25(24)34-28/h2-13,22H,14-18H2,1H3,(H,29,32). The number of likely N-dealkylation sites (tertiary alicyclic amines) is 1. The number of hydrogen-bond donors (Lipinski definition) is 1. The van der Waals surface area contributed by atoms with Crippen molar-refractivity contribution < 1.29 is 14.0 Å². The first-order valence-corrected chi connectivity index (χ1v) is 12.8. The van der Waals surface area contributed by atoms with E-state index in [1.165, 1.54) is 11.8 Å². The molecule has 178 valence electrons. The Morgan fingerprint density at radius 1 is 1.00 bits per heavy atom. The summed E-state index contributed by atoms with van der Waals surface area (Å²) in [5, 5.41) is 3.77. The van der Waals surface area contributed by atoms with Gasteiger partial charge in [-0.2, -0.15) is 0 Å². The van der Waals surface area contributed by atoms with Crippen LogP contribution in [-0.4, -0.2) is 40.8 Å². The van der Waals surface area contributed by atoms with Crippen LogP contribution in [0.5, 0.6) is 0 Å². The molecule has 2 heterocycles. The maximum absolute atomic E-state index is 13.1. The van der Waals surface area contributed by atoms with Crippen LogP contribution in [0.1, 0.15) is 44.7 Å². The number of thioether (sulfide) groups is 1. The van der Waals surface area contributed by atoms with E-state index in [9.17, 15) is 9.59 Å². The number of aromatic nitrogens is 1. The van der Waals surface area contributed by atoms with Crippen molar-refractivity contribution in [3.05, 3.63) is 95.1 Å². The number of oxazole rings is 1. The number of benzene rings is 3. The minimum Gasteiger partial charge on any atom is -0.431 e. The van der Waals surface area contributed by atoms with Gasteiger partial charge in [-0.3, -0.25) is 9.59 Å². The zero-order valence-corrected chi connectivity index (χ0v) is 20.4. The number of aryl methyl sites for hydroxylation is 1. The lowest BCUT2D eigenvalue weighted by molar-refractivity contribution is 0.0698. The van der Waals surface area contributed by atoms with Crippen molar-refractivity contribution in [1.29, 1.82) is 0 Å². The van der Waals surface area contributed by atoms with Crippen LogP contribution in [0.15, 0.2) is 82.4 Å². The van der Waals surface area contributed by atoms with Gasteiger partial charge in [0.2, 0.25) is 0 Å². The summed E-state index contributed by atoms with van der Waals surface area (Å²) in [6.07, 6.45) is 1.48. The molecule has 0 spiro atoms. The summed E-state index contributed by atoms with van der Waals surface area (Å²) >= 11 is 1.48. The molecule has 1 aromatic heterocycles. The number of fused-ring (bicyclic) bond motifs is 1. The van der Waals surface area contributed by atoms with Crippen molar-refractivity contribution in [2.75, 3.05) is 13.1 Å². The number of carbonyl (C=O) groups excluding carboxylic acids is 2. The Kier molecular flexibility index (Phi) is 6.86. The fraction of sp³-hybridized carbons (Fsp3) is 0.250. The number of hydrogen-bond acceptors (Lipinski definition) is 5. The van der Waals surface area contributed by atoms with Gasteiger partial charge in [0.15, 0.2) is 5.58 Å². The van der Waals surface area contributed by atoms with E-state index in [-0.39, 0.29) is 17.9 Å². The minimum atomic E-state index is -0.0814. The zero-order chi connectivity index (χ0) is 24.2. The minimum absolute atomic E-state index is 0.0438. The second-order valence-electron chi connectivity index (χ2n) is 8.80. The van der Waals surface area contributed by atoms with Crippen molar-refractivity contribution in [3.8, 4) is 0 Å². The molecule has 0 bridgehead atoms. The van der Waals surface area contributed by atoms with Gasteiger partial charge in [-0.1, -0.05) is 59.8 Å². The maximum Gasteiger partial charge on any atom is 0.257 e. The smallest absolute Gasteiger partial charge is 0.257 e. The Hall–Kier alpha value is -3.58. The number of para-hydroxylation sites is 2. The molecule has 0 atom stereocenters. The lowest BCUT2D eigenvalue weighted by atomic mass is 10.0. The van der Waals surface area contributed by atoms with Crippen LogP contribution in [0.4, 0.5) is 0 Å². The largest absolute Gasteiger partial charge is 0.431 e. The van der Waals surface area contributed by atoms with Gasteiger partial charge in [-0.05, 0) is 55.7 Å². The first-order valence-electron chi connectivity index (χ1n) is 11.8. The molecule has 7 heteroatoms. The van der Waals surface area contributed by atoms with Crippen molar-refractivity contribution in [1.82, 2.24) is 15.2 Å². The van der Waals surface area contributed by atoms with E-state index in [4.69, 9.17) is 4.42 Å². The van der Waals surface area contributed by atoms with Crippen molar-refractivity contribution in [3.63, 3.8) is 0 Å². The fourth-order valence-corrected chi connectivity index (χ4v) is 5.13. The average Bonchev–Trinajstić information content (AvgIpc) is 3.31. The van der Waals surface area contributed by atoms with E-state index in [1.807, 2.05) is 84.6 Å². The molecule has 6 nitrogen and oxygen atoms in total. The molecule has 5 rings (SSSR count). The van der Waals surface area contributed by atoms with Crippen LogP contribution >= 0.6 is 11.8 Å². The number of rotatable bonds is 6. The van der Waals surface area contributed by atoms with Gasteiger partial charge in [0.05, 0.1) is 0 Å². The Morgan fingerprint density at radius 2 is 1.71 bits per heavy atom. The summed E-state index contributed by atoms with van der Waals surface area (Å²) in [5.41, 5.74) is 5.03. The highest BCUT2D eigenvalue weighted by molar-refractivity contribution is 7.98. The average molecular weight is 486 g/mol. The van der Waals surface area contributed by atoms with Gasteiger partial charge in [-0.25, -0.2) is 4.98 Å². The summed E-state index contributed by atoms with van der Waals surface area (Å²) in [6.45, 7) is 3.27. The second kappa shape index (κ2) is 10.4. The molecule has 1 saturated heterocycles. The molecule has 2 amide bonds. The maximum atomic E-state index is 13.1. The number of amides is 2. The molecule has 1 aliphatic heterocycles. The van der Waals surface area contributed by atoms with Crippen LogP contribution in [0.3, 0.4) is 0 Å². The molecule has 1 aliphatic rings. The van der Waals surface area contributed by atoms with Crippen LogP contribution in [0.25, 0.3) is 11.1 Å². The molecular weight excluding hydrogens is 458 g/mol. The van der Waals surface area contributed by atoms with E-state index in [1.54, 1.807) is 0 Å². The van der Waals surface area contributed by atoms with Gasteiger partial charge in [0.1, 0.15) is 5.52 Å². The molecule has 4 aromatic rings. The monoisotopic (exact) mass is 485 g/mol. The molecule has 0 aliphatic carbocycles. The fourth-order valence-electron chi connectivity index (χ4n) is 4.29. The third-order valence-electron chi connectivity index (χ3n) is 6.30. The van der Waals surface area contributed by atoms with Gasteiger partial charge < -0.3 is 14.6 Å². The normalized spacial score (nSPS) is 14.3. The lowest BCUT2D eigenvalue weighted by Crippen LogP contribution is -2.46. The van der Waals surface area contributed by atoms with E-state index in [2.05, 4.69) is 10.3 Å². The Balaban J connectivity index is 1.17. The summed E-state index contributed by atoms with van der Waals surface area (Å²) < 4.78 is 5.80. The van der Waals surface area contributed by atoms with Gasteiger partial charge >= 0.3 is 0 Å². The van der Waals surface area contributed by atoms with E-state index in [0.29, 0.717) is 35.2 Å². The van der Waals surface area contributed by atoms with Gasteiger partial charge in [0.25, 0.3) is 17.0 Å². The molecule has 0 radical (unpaired) electrons. The van der Waals surface area contributed by atoms with E-state index >= 15 is 0 Å². The highest BCUT2D eigenvalue weighted by atomic mass is 32.2. The van der Waals surface area contributed by atoms with E-state index < -0.39 is 0 Å². The summed E-state index contributed by atoms with van der Waals surface area (Å²) in [4.78, 5) is 32.3. The van der Waals surface area contributed by atoms with Gasteiger partial charge in [-0.15, -0.1) is 0 Å². The molecule has 0 saturated carbocycles. The molecule has 1 fully saturated rings.